The van der Waals surface area contributed by atoms with Gasteiger partial charge in [0, 0.05) is 18.1 Å². The molecule has 1 amide bonds. The Morgan fingerprint density at radius 2 is 1.96 bits per heavy atom. The van der Waals surface area contributed by atoms with E-state index < -0.39 is 0 Å². The van der Waals surface area contributed by atoms with Crippen molar-refractivity contribution >= 4 is 27.5 Å². The van der Waals surface area contributed by atoms with E-state index in [4.69, 9.17) is 9.94 Å². The SMILES string of the molecule is O=C(CCCCCCOc1ccc(-c2nc3ccccc3s2)c(F)c1)NO. The number of para-hydroxylation sites is 1. The maximum atomic E-state index is 14.5. The van der Waals surface area contributed by atoms with Gasteiger partial charge in [-0.3, -0.25) is 10.0 Å². The number of ether oxygens (including phenoxy) is 1. The zero-order valence-corrected chi connectivity index (χ0v) is 15.6. The number of fused-ring (bicyclic) bond motifs is 1. The number of rotatable bonds is 9. The zero-order valence-electron chi connectivity index (χ0n) is 14.8. The summed E-state index contributed by atoms with van der Waals surface area (Å²) in [7, 11) is 0. The summed E-state index contributed by atoms with van der Waals surface area (Å²) in [6, 6.07) is 12.6. The summed E-state index contributed by atoms with van der Waals surface area (Å²) < 4.78 is 21.1. The first-order valence-electron chi connectivity index (χ1n) is 8.88. The number of hydrogen-bond donors (Lipinski definition) is 2. The van der Waals surface area contributed by atoms with Gasteiger partial charge in [-0.15, -0.1) is 11.3 Å². The molecule has 3 rings (SSSR count). The highest BCUT2D eigenvalue weighted by Gasteiger charge is 2.11. The minimum Gasteiger partial charge on any atom is -0.493 e. The van der Waals surface area contributed by atoms with Gasteiger partial charge in [-0.2, -0.15) is 0 Å². The molecule has 0 aliphatic heterocycles. The topological polar surface area (TPSA) is 71.5 Å². The zero-order chi connectivity index (χ0) is 19.1. The van der Waals surface area contributed by atoms with Crippen LogP contribution in [0.4, 0.5) is 4.39 Å². The average molecular weight is 388 g/mol. The van der Waals surface area contributed by atoms with Crippen molar-refractivity contribution in [2.45, 2.75) is 32.1 Å². The summed E-state index contributed by atoms with van der Waals surface area (Å²) in [5.41, 5.74) is 2.96. The number of nitrogens with one attached hydrogen (secondary N) is 1. The van der Waals surface area contributed by atoms with E-state index in [1.807, 2.05) is 24.3 Å². The van der Waals surface area contributed by atoms with Crippen molar-refractivity contribution in [2.75, 3.05) is 6.61 Å². The molecule has 27 heavy (non-hydrogen) atoms. The first-order valence-corrected chi connectivity index (χ1v) is 9.70. The number of thiazole rings is 1. The Morgan fingerprint density at radius 3 is 2.74 bits per heavy atom. The highest BCUT2D eigenvalue weighted by Crippen LogP contribution is 2.32. The third-order valence-electron chi connectivity index (χ3n) is 4.16. The van der Waals surface area contributed by atoms with Crippen molar-refractivity contribution in [1.29, 1.82) is 0 Å². The molecule has 5 nitrogen and oxygen atoms in total. The van der Waals surface area contributed by atoms with Crippen molar-refractivity contribution in [1.82, 2.24) is 10.5 Å². The van der Waals surface area contributed by atoms with E-state index in [1.165, 1.54) is 17.4 Å². The molecule has 1 heterocycles. The summed E-state index contributed by atoms with van der Waals surface area (Å²) in [6.07, 6.45) is 3.64. The minimum atomic E-state index is -0.366. The number of carbonyl (C=O) groups excluding carboxylic acids is 1. The van der Waals surface area contributed by atoms with Crippen molar-refractivity contribution in [3.63, 3.8) is 0 Å². The predicted octanol–water partition coefficient (Wildman–Crippen LogP) is 4.94. The number of nitrogens with zero attached hydrogens (tertiary/aromatic N) is 1. The summed E-state index contributed by atoms with van der Waals surface area (Å²) in [5, 5.41) is 9.06. The molecule has 0 saturated carbocycles. The fraction of sp³-hybridized carbons (Fsp3) is 0.300. The molecule has 142 valence electrons. The lowest BCUT2D eigenvalue weighted by Gasteiger charge is -2.07. The largest absolute Gasteiger partial charge is 0.493 e. The Labute approximate surface area is 160 Å². The van der Waals surface area contributed by atoms with E-state index >= 15 is 0 Å². The van der Waals surface area contributed by atoms with Crippen LogP contribution in [0, 0.1) is 5.82 Å². The second kappa shape index (κ2) is 9.43. The Kier molecular flexibility index (Phi) is 6.73. The highest BCUT2D eigenvalue weighted by atomic mass is 32.1. The second-order valence-electron chi connectivity index (χ2n) is 6.18. The van der Waals surface area contributed by atoms with E-state index in [0.717, 1.165) is 35.9 Å². The first kappa shape index (κ1) is 19.3. The van der Waals surface area contributed by atoms with Gasteiger partial charge in [0.1, 0.15) is 16.6 Å². The number of hydroxylamine groups is 1. The van der Waals surface area contributed by atoms with Crippen LogP contribution < -0.4 is 10.2 Å². The minimum absolute atomic E-state index is 0.315. The monoisotopic (exact) mass is 388 g/mol. The van der Waals surface area contributed by atoms with E-state index in [2.05, 4.69) is 4.98 Å². The number of hydrogen-bond acceptors (Lipinski definition) is 5. The lowest BCUT2D eigenvalue weighted by atomic mass is 10.1. The first-order chi connectivity index (χ1) is 13.2. The maximum absolute atomic E-state index is 14.5. The molecule has 0 spiro atoms. The third-order valence-corrected chi connectivity index (χ3v) is 5.23. The summed E-state index contributed by atoms with van der Waals surface area (Å²) in [6.45, 7) is 0.492. The normalized spacial score (nSPS) is 10.9. The van der Waals surface area contributed by atoms with Gasteiger partial charge in [-0.1, -0.05) is 25.0 Å². The quantitative estimate of drug-likeness (QED) is 0.309. The van der Waals surface area contributed by atoms with Crippen LogP contribution in [-0.2, 0) is 4.79 Å². The number of unbranched alkanes of at least 4 members (excludes halogenated alkanes) is 3. The molecule has 0 fully saturated rings. The molecule has 0 bridgehead atoms. The van der Waals surface area contributed by atoms with Crippen LogP contribution in [0.5, 0.6) is 5.75 Å². The molecule has 0 atom stereocenters. The number of amides is 1. The van der Waals surface area contributed by atoms with Gasteiger partial charge < -0.3 is 4.74 Å². The van der Waals surface area contributed by atoms with E-state index in [-0.39, 0.29) is 11.7 Å². The molecule has 2 aromatic carbocycles. The fourth-order valence-corrected chi connectivity index (χ4v) is 3.73. The van der Waals surface area contributed by atoms with E-state index in [1.54, 1.807) is 17.6 Å². The molecular formula is C20H21FN2O3S. The van der Waals surface area contributed by atoms with Gasteiger partial charge in [-0.05, 0) is 37.1 Å². The summed E-state index contributed by atoms with van der Waals surface area (Å²) >= 11 is 1.47. The predicted molar refractivity (Wildman–Crippen MR) is 104 cm³/mol. The van der Waals surface area contributed by atoms with Gasteiger partial charge >= 0.3 is 0 Å². The molecular weight excluding hydrogens is 367 g/mol. The van der Waals surface area contributed by atoms with Crippen LogP contribution >= 0.6 is 11.3 Å². The number of benzene rings is 2. The molecule has 7 heteroatoms. The molecule has 3 aromatic rings. The fourth-order valence-electron chi connectivity index (χ4n) is 2.73. The van der Waals surface area contributed by atoms with E-state index in [9.17, 15) is 9.18 Å². The average Bonchev–Trinajstić information content (AvgIpc) is 3.10. The number of carbonyl (C=O) groups is 1. The Hall–Kier alpha value is -2.51. The van der Waals surface area contributed by atoms with Crippen molar-refractivity contribution in [3.05, 3.63) is 48.3 Å². The smallest absolute Gasteiger partial charge is 0.243 e. The Morgan fingerprint density at radius 1 is 1.15 bits per heavy atom. The lowest BCUT2D eigenvalue weighted by molar-refractivity contribution is -0.129. The Bertz CT molecular complexity index is 880. The third kappa shape index (κ3) is 5.24. The highest BCUT2D eigenvalue weighted by molar-refractivity contribution is 7.21. The van der Waals surface area contributed by atoms with Gasteiger partial charge in [0.2, 0.25) is 5.91 Å². The van der Waals surface area contributed by atoms with Crippen LogP contribution in [0.3, 0.4) is 0 Å². The van der Waals surface area contributed by atoms with Crippen molar-refractivity contribution < 1.29 is 19.1 Å². The molecule has 0 saturated heterocycles. The van der Waals surface area contributed by atoms with Crippen LogP contribution in [0.2, 0.25) is 0 Å². The summed E-state index contributed by atoms with van der Waals surface area (Å²) in [5.74, 6) is -0.214. The van der Waals surface area contributed by atoms with E-state index in [0.29, 0.717) is 29.3 Å². The lowest BCUT2D eigenvalue weighted by Crippen LogP contribution is -2.17. The molecule has 0 unspecified atom stereocenters. The van der Waals surface area contributed by atoms with Gasteiger partial charge in [0.05, 0.1) is 16.8 Å². The molecule has 0 radical (unpaired) electrons. The summed E-state index contributed by atoms with van der Waals surface area (Å²) in [4.78, 5) is 15.4. The standard InChI is InChI=1S/C20H21FN2O3S/c21-16-13-14(26-12-6-2-1-3-9-19(24)23-25)10-11-15(16)20-22-17-7-4-5-8-18(17)27-20/h4-5,7-8,10-11,13,25H,1-3,6,9,12H2,(H,23,24). The number of halogens is 1. The molecule has 0 aliphatic carbocycles. The van der Waals surface area contributed by atoms with Crippen LogP contribution in [0.25, 0.3) is 20.8 Å². The van der Waals surface area contributed by atoms with Gasteiger partial charge in [0.25, 0.3) is 0 Å². The maximum Gasteiger partial charge on any atom is 0.243 e. The van der Waals surface area contributed by atoms with Crippen molar-refractivity contribution in [3.8, 4) is 16.3 Å². The van der Waals surface area contributed by atoms with Crippen LogP contribution in [-0.4, -0.2) is 22.7 Å². The molecule has 1 aromatic heterocycles. The molecule has 2 N–H and O–H groups in total. The van der Waals surface area contributed by atoms with Gasteiger partial charge in [-0.25, -0.2) is 14.9 Å². The second-order valence-corrected chi connectivity index (χ2v) is 7.21. The van der Waals surface area contributed by atoms with Crippen LogP contribution in [0.15, 0.2) is 42.5 Å². The van der Waals surface area contributed by atoms with Crippen molar-refractivity contribution in [2.24, 2.45) is 0 Å². The molecule has 0 aliphatic rings. The van der Waals surface area contributed by atoms with Crippen LogP contribution in [0.1, 0.15) is 32.1 Å². The van der Waals surface area contributed by atoms with Gasteiger partial charge in [0.15, 0.2) is 0 Å². The number of aromatic nitrogens is 1. The Balaban J connectivity index is 1.49.